The van der Waals surface area contributed by atoms with Gasteiger partial charge in [-0.2, -0.15) is 0 Å². The Hall–Kier alpha value is -3.18. The predicted octanol–water partition coefficient (Wildman–Crippen LogP) is -0.0604. The third-order valence-electron chi connectivity index (χ3n) is 5.70. The van der Waals surface area contributed by atoms with Crippen LogP contribution in [0.1, 0.15) is 6.42 Å². The number of phenols is 2. The van der Waals surface area contributed by atoms with Crippen LogP contribution in [-0.4, -0.2) is 76.1 Å². The van der Waals surface area contributed by atoms with E-state index < -0.39 is 0 Å². The molecule has 10 nitrogen and oxygen atoms in total. The minimum absolute atomic E-state index is 0.0426. The van der Waals surface area contributed by atoms with E-state index in [0.29, 0.717) is 60.9 Å². The number of aliphatic hydroxyl groups is 2. The lowest BCUT2D eigenvalue weighted by Crippen LogP contribution is -2.23. The molecule has 0 aliphatic carbocycles. The van der Waals surface area contributed by atoms with Gasteiger partial charge in [-0.1, -0.05) is 0 Å². The maximum Gasteiger partial charge on any atom is 0.189 e. The molecule has 0 bridgehead atoms. The summed E-state index contributed by atoms with van der Waals surface area (Å²) in [7, 11) is 0. The first-order valence-electron chi connectivity index (χ1n) is 11.1. The van der Waals surface area contributed by atoms with Crippen molar-refractivity contribution in [3.8, 4) is 11.5 Å². The van der Waals surface area contributed by atoms with E-state index in [1.807, 2.05) is 16.8 Å². The third-order valence-corrected chi connectivity index (χ3v) is 5.70. The Kier molecular flexibility index (Phi) is 7.09. The van der Waals surface area contributed by atoms with E-state index in [1.54, 1.807) is 0 Å². The van der Waals surface area contributed by atoms with Gasteiger partial charge >= 0.3 is 0 Å². The van der Waals surface area contributed by atoms with Gasteiger partial charge in [-0.3, -0.25) is 19.6 Å². The molecule has 1 heterocycles. The minimum atomic E-state index is -0.300. The molecule has 0 spiro atoms. The summed E-state index contributed by atoms with van der Waals surface area (Å²) in [6.07, 6.45) is 0.751. The molecule has 176 valence electrons. The molecule has 3 aromatic carbocycles. The molecule has 1 aromatic heterocycles. The number of rotatable bonds is 11. The van der Waals surface area contributed by atoms with Crippen molar-refractivity contribution in [1.82, 2.24) is 20.4 Å². The standard InChI is InChI=1S/C23H29N5O5/c29-12-9-24-6-1-7-26-14-2-3-15-19-18(14)23(33)21-17(32)5-4-16(31)20(21)22(19)27-28(15)11-8-25-10-13-30/h2-5,24-25,27,29-30,32-33H,1,6-13H2. The minimum Gasteiger partial charge on any atom is -0.507 e. The lowest BCUT2D eigenvalue weighted by molar-refractivity contribution is 0.291. The quantitative estimate of drug-likeness (QED) is 0.123. The van der Waals surface area contributed by atoms with E-state index in [9.17, 15) is 15.0 Å². The number of nitrogens with zero attached hydrogens (tertiary/aromatic N) is 2. The van der Waals surface area contributed by atoms with Gasteiger partial charge in [0.05, 0.1) is 52.3 Å². The topological polar surface area (TPSA) is 155 Å². The van der Waals surface area contributed by atoms with Gasteiger partial charge in [0, 0.05) is 31.6 Å². The highest BCUT2D eigenvalue weighted by atomic mass is 16.3. The second kappa shape index (κ2) is 10.2. The van der Waals surface area contributed by atoms with Gasteiger partial charge < -0.3 is 31.1 Å². The predicted molar refractivity (Wildman–Crippen MR) is 127 cm³/mol. The highest BCUT2D eigenvalue weighted by molar-refractivity contribution is 6.23. The number of fused-ring (bicyclic) bond motifs is 2. The lowest BCUT2D eigenvalue weighted by Gasteiger charge is -2.09. The van der Waals surface area contributed by atoms with Gasteiger partial charge in [0.25, 0.3) is 0 Å². The molecule has 0 aliphatic rings. The van der Waals surface area contributed by atoms with Crippen LogP contribution in [0.5, 0.6) is 11.5 Å². The van der Waals surface area contributed by atoms with Gasteiger partial charge in [0.15, 0.2) is 5.43 Å². The average molecular weight is 456 g/mol. The second-order valence-corrected chi connectivity index (χ2v) is 7.86. The first-order chi connectivity index (χ1) is 16.1. The number of phenolic OH excluding ortho intramolecular Hbond substituents is 2. The van der Waals surface area contributed by atoms with Gasteiger partial charge in [0.1, 0.15) is 11.5 Å². The lowest BCUT2D eigenvalue weighted by atomic mass is 9.99. The Morgan fingerprint density at radius 3 is 2.39 bits per heavy atom. The fourth-order valence-electron chi connectivity index (χ4n) is 4.23. The summed E-state index contributed by atoms with van der Waals surface area (Å²) in [5, 5.41) is 51.1. The molecule has 33 heavy (non-hydrogen) atoms. The summed E-state index contributed by atoms with van der Waals surface area (Å²) in [5.74, 6) is -0.338. The number of aromatic hydroxyl groups is 2. The molecule has 0 atom stereocenters. The Morgan fingerprint density at radius 2 is 1.64 bits per heavy atom. The zero-order chi connectivity index (χ0) is 23.4. The van der Waals surface area contributed by atoms with E-state index in [0.717, 1.165) is 11.9 Å². The molecule has 0 saturated heterocycles. The van der Waals surface area contributed by atoms with E-state index in [-0.39, 0.29) is 40.9 Å². The molecule has 10 heteroatoms. The van der Waals surface area contributed by atoms with Crippen LogP contribution >= 0.6 is 0 Å². The molecular weight excluding hydrogens is 426 g/mol. The highest BCUT2D eigenvalue weighted by Gasteiger charge is 2.21. The Morgan fingerprint density at radius 1 is 0.879 bits per heavy atom. The monoisotopic (exact) mass is 455 g/mol. The van der Waals surface area contributed by atoms with E-state index >= 15 is 0 Å². The van der Waals surface area contributed by atoms with E-state index in [1.165, 1.54) is 12.1 Å². The summed E-state index contributed by atoms with van der Waals surface area (Å²) in [6.45, 7) is 3.48. The van der Waals surface area contributed by atoms with Crippen molar-refractivity contribution in [2.24, 2.45) is 4.99 Å². The molecule has 0 unspecified atom stereocenters. The summed E-state index contributed by atoms with van der Waals surface area (Å²) in [5.41, 5.74) is 1.04. The fourth-order valence-corrected chi connectivity index (χ4v) is 4.23. The van der Waals surface area contributed by atoms with Crippen LogP contribution in [0.25, 0.3) is 32.6 Å². The van der Waals surface area contributed by atoms with Crippen LogP contribution in [0.4, 0.5) is 0 Å². The zero-order valence-corrected chi connectivity index (χ0v) is 18.3. The van der Waals surface area contributed by atoms with Gasteiger partial charge in [-0.05, 0) is 37.2 Å². The van der Waals surface area contributed by atoms with Crippen LogP contribution in [0.3, 0.4) is 0 Å². The van der Waals surface area contributed by atoms with Crippen molar-refractivity contribution in [3.63, 3.8) is 0 Å². The maximum absolute atomic E-state index is 12.7. The number of aliphatic hydroxyl groups excluding tert-OH is 2. The number of nitrogens with one attached hydrogen (secondary N) is 3. The van der Waals surface area contributed by atoms with Crippen molar-refractivity contribution < 1.29 is 20.4 Å². The maximum atomic E-state index is 12.7. The zero-order valence-electron chi connectivity index (χ0n) is 18.3. The molecule has 0 amide bonds. The number of benzene rings is 3. The molecule has 4 rings (SSSR count). The smallest absolute Gasteiger partial charge is 0.189 e. The molecular formula is C23H29N5O5. The Bertz CT molecular complexity index is 1380. The van der Waals surface area contributed by atoms with Crippen LogP contribution in [0, 0.1) is 0 Å². The third kappa shape index (κ3) is 4.38. The summed E-state index contributed by atoms with van der Waals surface area (Å²) in [4.78, 5) is 17.4. The van der Waals surface area contributed by atoms with Crippen molar-refractivity contribution in [1.29, 1.82) is 0 Å². The second-order valence-electron chi connectivity index (χ2n) is 7.86. The van der Waals surface area contributed by atoms with E-state index in [2.05, 4.69) is 20.7 Å². The highest BCUT2D eigenvalue weighted by Crippen LogP contribution is 2.41. The van der Waals surface area contributed by atoms with Gasteiger partial charge in [-0.25, -0.2) is 0 Å². The van der Waals surface area contributed by atoms with Crippen LogP contribution in [0.2, 0.25) is 0 Å². The number of H-pyrrole nitrogens is 1. The van der Waals surface area contributed by atoms with Crippen molar-refractivity contribution in [3.05, 3.63) is 39.8 Å². The summed E-state index contributed by atoms with van der Waals surface area (Å²) >= 11 is 0. The first-order valence-corrected chi connectivity index (χ1v) is 11.1. The number of aromatic amines is 1. The van der Waals surface area contributed by atoms with E-state index in [4.69, 9.17) is 10.2 Å². The molecule has 7 N–H and O–H groups in total. The van der Waals surface area contributed by atoms with Crippen LogP contribution in [0.15, 0.2) is 34.1 Å². The number of hydrogen-bond acceptors (Lipinski definition) is 8. The Balaban J connectivity index is 1.89. The SMILES string of the molecule is O=c1ccc(O)c2c(O)c3c(=NCCCNCCO)ccc4c3c([nH]n4CCNCCO)c12. The summed E-state index contributed by atoms with van der Waals surface area (Å²) < 4.78 is 1.88. The normalized spacial score (nSPS) is 12.6. The molecule has 0 radical (unpaired) electrons. The summed E-state index contributed by atoms with van der Waals surface area (Å²) in [6, 6.07) is 6.31. The largest absolute Gasteiger partial charge is 0.507 e. The molecule has 4 aromatic rings. The average Bonchev–Trinajstić information content (AvgIpc) is 3.18. The first kappa shape index (κ1) is 23.0. The van der Waals surface area contributed by atoms with Crippen LogP contribution in [-0.2, 0) is 6.54 Å². The number of aromatic nitrogens is 2. The Labute approximate surface area is 189 Å². The van der Waals surface area contributed by atoms with Gasteiger partial charge in [0.2, 0.25) is 0 Å². The van der Waals surface area contributed by atoms with Crippen LogP contribution < -0.4 is 21.4 Å². The number of hydrogen-bond donors (Lipinski definition) is 7. The molecule has 0 fully saturated rings. The molecule has 0 saturated carbocycles. The van der Waals surface area contributed by atoms with Crippen molar-refractivity contribution in [2.75, 3.05) is 45.9 Å². The van der Waals surface area contributed by atoms with Gasteiger partial charge in [-0.15, -0.1) is 0 Å². The van der Waals surface area contributed by atoms with Crippen molar-refractivity contribution >= 4 is 32.6 Å². The fraction of sp³-hybridized carbons (Fsp3) is 0.391. The molecule has 0 aliphatic heterocycles. The van der Waals surface area contributed by atoms with Crippen molar-refractivity contribution in [2.45, 2.75) is 13.0 Å².